The molecule has 0 heterocycles. The number of methoxy groups -OCH3 is 2. The van der Waals surface area contributed by atoms with Crippen LogP contribution in [0.2, 0.25) is 0 Å². The second kappa shape index (κ2) is 4.57. The first-order chi connectivity index (χ1) is 8.49. The Morgan fingerprint density at radius 2 is 1.61 bits per heavy atom. The van der Waals surface area contributed by atoms with E-state index in [4.69, 9.17) is 15.2 Å². The van der Waals surface area contributed by atoms with Gasteiger partial charge in [0.15, 0.2) is 5.79 Å². The van der Waals surface area contributed by atoms with E-state index in [1.165, 1.54) is 12.1 Å². The standard InChI is InChI=1S/C13H17F2NO2/c1-17-13(18-2)6-12(7-13,8-16)9-3-10(14)5-11(15)4-9/h3-5H,6-8,16H2,1-2H3. The van der Waals surface area contributed by atoms with Crippen molar-refractivity contribution < 1.29 is 18.3 Å². The van der Waals surface area contributed by atoms with Crippen molar-refractivity contribution in [3.8, 4) is 0 Å². The van der Waals surface area contributed by atoms with Crippen LogP contribution in [0.25, 0.3) is 0 Å². The zero-order valence-corrected chi connectivity index (χ0v) is 10.5. The molecule has 1 saturated carbocycles. The number of benzene rings is 1. The van der Waals surface area contributed by atoms with Gasteiger partial charge in [-0.3, -0.25) is 0 Å². The van der Waals surface area contributed by atoms with Crippen LogP contribution in [0.1, 0.15) is 18.4 Å². The van der Waals surface area contributed by atoms with E-state index in [0.29, 0.717) is 24.9 Å². The highest BCUT2D eigenvalue weighted by molar-refractivity contribution is 5.32. The molecule has 1 aromatic carbocycles. The highest BCUT2D eigenvalue weighted by Crippen LogP contribution is 2.51. The number of halogens is 2. The molecule has 2 rings (SSSR count). The fourth-order valence-corrected chi connectivity index (χ4v) is 2.68. The number of nitrogens with two attached hydrogens (primary N) is 1. The molecule has 0 saturated heterocycles. The molecule has 0 radical (unpaired) electrons. The van der Waals surface area contributed by atoms with Crippen LogP contribution in [0.4, 0.5) is 8.78 Å². The lowest BCUT2D eigenvalue weighted by Crippen LogP contribution is -2.60. The molecule has 0 aliphatic heterocycles. The van der Waals surface area contributed by atoms with Gasteiger partial charge in [-0.2, -0.15) is 0 Å². The molecular weight excluding hydrogens is 240 g/mol. The summed E-state index contributed by atoms with van der Waals surface area (Å²) < 4.78 is 37.1. The summed E-state index contributed by atoms with van der Waals surface area (Å²) >= 11 is 0. The van der Waals surface area contributed by atoms with Crippen LogP contribution in [-0.2, 0) is 14.9 Å². The first-order valence-corrected chi connectivity index (χ1v) is 5.76. The van der Waals surface area contributed by atoms with Crippen molar-refractivity contribution in [2.45, 2.75) is 24.0 Å². The Morgan fingerprint density at radius 3 is 2.00 bits per heavy atom. The Bertz CT molecular complexity index is 418. The summed E-state index contributed by atoms with van der Waals surface area (Å²) in [5.41, 5.74) is 5.86. The van der Waals surface area contributed by atoms with E-state index in [9.17, 15) is 8.78 Å². The molecule has 0 aromatic heterocycles. The summed E-state index contributed by atoms with van der Waals surface area (Å²) in [7, 11) is 3.10. The number of ether oxygens (including phenoxy) is 2. The van der Waals surface area contributed by atoms with E-state index in [1.807, 2.05) is 0 Å². The molecule has 18 heavy (non-hydrogen) atoms. The van der Waals surface area contributed by atoms with Gasteiger partial charge >= 0.3 is 0 Å². The van der Waals surface area contributed by atoms with Gasteiger partial charge in [-0.05, 0) is 17.7 Å². The van der Waals surface area contributed by atoms with Gasteiger partial charge in [-0.1, -0.05) is 0 Å². The van der Waals surface area contributed by atoms with E-state index < -0.39 is 22.8 Å². The van der Waals surface area contributed by atoms with Crippen molar-refractivity contribution in [1.82, 2.24) is 0 Å². The maximum Gasteiger partial charge on any atom is 0.169 e. The van der Waals surface area contributed by atoms with Gasteiger partial charge in [0.05, 0.1) is 0 Å². The fraction of sp³-hybridized carbons (Fsp3) is 0.538. The molecular formula is C13H17F2NO2. The van der Waals surface area contributed by atoms with E-state index in [2.05, 4.69) is 0 Å². The highest BCUT2D eigenvalue weighted by atomic mass is 19.1. The quantitative estimate of drug-likeness (QED) is 0.838. The molecule has 0 amide bonds. The summed E-state index contributed by atoms with van der Waals surface area (Å²) in [6.45, 7) is 0.296. The molecule has 1 aliphatic rings. The molecule has 3 nitrogen and oxygen atoms in total. The van der Waals surface area contributed by atoms with E-state index in [1.54, 1.807) is 14.2 Å². The number of rotatable bonds is 4. The smallest absolute Gasteiger partial charge is 0.169 e. The van der Waals surface area contributed by atoms with Crippen molar-refractivity contribution in [2.75, 3.05) is 20.8 Å². The maximum atomic E-state index is 13.3. The molecule has 2 N–H and O–H groups in total. The van der Waals surface area contributed by atoms with Crippen LogP contribution in [0.5, 0.6) is 0 Å². The highest BCUT2D eigenvalue weighted by Gasteiger charge is 2.56. The molecule has 0 unspecified atom stereocenters. The van der Waals surface area contributed by atoms with Gasteiger partial charge in [0.25, 0.3) is 0 Å². The minimum Gasteiger partial charge on any atom is -0.353 e. The van der Waals surface area contributed by atoms with Crippen LogP contribution in [0, 0.1) is 11.6 Å². The van der Waals surface area contributed by atoms with Crippen LogP contribution in [0.3, 0.4) is 0 Å². The third-order valence-corrected chi connectivity index (χ3v) is 3.83. The molecule has 0 bridgehead atoms. The van der Waals surface area contributed by atoms with Crippen LogP contribution >= 0.6 is 0 Å². The lowest BCUT2D eigenvalue weighted by atomic mass is 9.60. The van der Waals surface area contributed by atoms with Crippen molar-refractivity contribution in [3.05, 3.63) is 35.4 Å². The fourth-order valence-electron chi connectivity index (χ4n) is 2.68. The van der Waals surface area contributed by atoms with Crippen LogP contribution in [0.15, 0.2) is 18.2 Å². The zero-order valence-electron chi connectivity index (χ0n) is 10.5. The number of hydrogen-bond donors (Lipinski definition) is 1. The molecule has 1 aliphatic carbocycles. The van der Waals surface area contributed by atoms with E-state index in [0.717, 1.165) is 6.07 Å². The largest absolute Gasteiger partial charge is 0.353 e. The predicted octanol–water partition coefficient (Wildman–Crippen LogP) is 1.94. The second-order valence-electron chi connectivity index (χ2n) is 4.82. The minimum absolute atomic E-state index is 0.296. The van der Waals surface area contributed by atoms with E-state index >= 15 is 0 Å². The Labute approximate surface area is 105 Å². The first kappa shape index (κ1) is 13.4. The third kappa shape index (κ3) is 2.02. The Kier molecular flexibility index (Phi) is 3.40. The normalized spacial score (nSPS) is 20.5. The van der Waals surface area contributed by atoms with Gasteiger partial charge in [-0.25, -0.2) is 8.78 Å². The molecule has 0 atom stereocenters. The minimum atomic E-state index is -0.692. The second-order valence-corrected chi connectivity index (χ2v) is 4.82. The average Bonchev–Trinajstić information content (AvgIpc) is 2.29. The summed E-state index contributed by atoms with van der Waals surface area (Å²) in [5.74, 6) is -1.88. The van der Waals surface area contributed by atoms with Crippen molar-refractivity contribution >= 4 is 0 Å². The van der Waals surface area contributed by atoms with Gasteiger partial charge in [0, 0.05) is 45.1 Å². The maximum absolute atomic E-state index is 13.3. The molecule has 100 valence electrons. The van der Waals surface area contributed by atoms with E-state index in [-0.39, 0.29) is 0 Å². The Hall–Kier alpha value is -1.04. The number of hydrogen-bond acceptors (Lipinski definition) is 3. The van der Waals surface area contributed by atoms with Gasteiger partial charge in [0.2, 0.25) is 0 Å². The van der Waals surface area contributed by atoms with Gasteiger partial charge < -0.3 is 15.2 Å². The van der Waals surface area contributed by atoms with Gasteiger partial charge in [0.1, 0.15) is 11.6 Å². The topological polar surface area (TPSA) is 44.5 Å². The molecule has 1 aromatic rings. The third-order valence-electron chi connectivity index (χ3n) is 3.83. The lowest BCUT2D eigenvalue weighted by Gasteiger charge is -2.54. The lowest BCUT2D eigenvalue weighted by molar-refractivity contribution is -0.277. The zero-order chi connectivity index (χ0) is 13.4. The molecule has 1 fully saturated rings. The molecule has 5 heteroatoms. The summed E-state index contributed by atoms with van der Waals surface area (Å²) in [5, 5.41) is 0. The summed E-state index contributed by atoms with van der Waals surface area (Å²) in [6.07, 6.45) is 0.985. The SMILES string of the molecule is COC1(OC)CC(CN)(c2cc(F)cc(F)c2)C1. The monoisotopic (exact) mass is 257 g/mol. The first-order valence-electron chi connectivity index (χ1n) is 5.76. The van der Waals surface area contributed by atoms with Crippen molar-refractivity contribution in [2.24, 2.45) is 5.73 Å². The predicted molar refractivity (Wildman–Crippen MR) is 63.1 cm³/mol. The van der Waals surface area contributed by atoms with Gasteiger partial charge in [-0.15, -0.1) is 0 Å². The summed E-state index contributed by atoms with van der Waals surface area (Å²) in [6, 6.07) is 3.50. The Balaban J connectivity index is 2.31. The van der Waals surface area contributed by atoms with Crippen molar-refractivity contribution in [3.63, 3.8) is 0 Å². The Morgan fingerprint density at radius 1 is 1.11 bits per heavy atom. The molecule has 0 spiro atoms. The van der Waals surface area contributed by atoms with Crippen LogP contribution in [-0.4, -0.2) is 26.6 Å². The van der Waals surface area contributed by atoms with Crippen LogP contribution < -0.4 is 5.73 Å². The average molecular weight is 257 g/mol. The summed E-state index contributed by atoms with van der Waals surface area (Å²) in [4.78, 5) is 0. The van der Waals surface area contributed by atoms with Crippen molar-refractivity contribution in [1.29, 1.82) is 0 Å².